The number of carboxylic acid groups (broad SMARTS) is 1. The summed E-state index contributed by atoms with van der Waals surface area (Å²) in [5.41, 5.74) is 0.796. The average Bonchev–Trinajstić information content (AvgIpc) is 2.01. The largest absolute Gasteiger partial charge is 0.481 e. The van der Waals surface area contributed by atoms with E-state index >= 15 is 0 Å². The number of hydrogen-bond acceptors (Lipinski definition) is 1. The highest BCUT2D eigenvalue weighted by Crippen LogP contribution is 2.18. The molecule has 68 valence electrons. The van der Waals surface area contributed by atoms with Crippen molar-refractivity contribution >= 4 is 5.97 Å². The van der Waals surface area contributed by atoms with Crippen LogP contribution in [0.5, 0.6) is 0 Å². The molecule has 0 aromatic rings. The third kappa shape index (κ3) is 3.37. The average molecular weight is 168 g/mol. The lowest BCUT2D eigenvalue weighted by Crippen LogP contribution is -2.14. The van der Waals surface area contributed by atoms with Crippen molar-refractivity contribution in [1.29, 1.82) is 0 Å². The van der Waals surface area contributed by atoms with E-state index in [1.54, 1.807) is 6.08 Å². The third-order valence-corrected chi connectivity index (χ3v) is 1.87. The van der Waals surface area contributed by atoms with Gasteiger partial charge in [-0.05, 0) is 19.3 Å². The molecule has 0 aliphatic heterocycles. The van der Waals surface area contributed by atoms with Crippen LogP contribution < -0.4 is 0 Å². The predicted molar refractivity (Wildman–Crippen MR) is 50.0 cm³/mol. The fraction of sp³-hybridized carbons (Fsp3) is 0.500. The van der Waals surface area contributed by atoms with E-state index in [-0.39, 0.29) is 5.92 Å². The first-order valence-electron chi connectivity index (χ1n) is 4.14. The Morgan fingerprint density at radius 2 is 2.25 bits per heavy atom. The zero-order valence-corrected chi connectivity index (χ0v) is 7.55. The van der Waals surface area contributed by atoms with Gasteiger partial charge in [-0.25, -0.2) is 0 Å². The Morgan fingerprint density at radius 3 is 2.58 bits per heavy atom. The zero-order chi connectivity index (χ0) is 9.56. The summed E-state index contributed by atoms with van der Waals surface area (Å²) in [5, 5.41) is 8.76. The molecule has 2 nitrogen and oxygen atoms in total. The molecule has 1 atom stereocenters. The van der Waals surface area contributed by atoms with Crippen LogP contribution >= 0.6 is 0 Å². The summed E-state index contributed by atoms with van der Waals surface area (Å²) < 4.78 is 0. The molecule has 0 fully saturated rings. The van der Waals surface area contributed by atoms with Crippen LogP contribution in [-0.4, -0.2) is 11.1 Å². The maximum Gasteiger partial charge on any atom is 0.310 e. The van der Waals surface area contributed by atoms with Crippen molar-refractivity contribution in [2.45, 2.75) is 26.2 Å². The van der Waals surface area contributed by atoms with Gasteiger partial charge < -0.3 is 5.11 Å². The highest BCUT2D eigenvalue weighted by atomic mass is 16.4. The van der Waals surface area contributed by atoms with Gasteiger partial charge in [-0.1, -0.05) is 25.2 Å². The van der Waals surface area contributed by atoms with Gasteiger partial charge in [-0.2, -0.15) is 0 Å². The van der Waals surface area contributed by atoms with E-state index < -0.39 is 5.97 Å². The topological polar surface area (TPSA) is 37.3 Å². The smallest absolute Gasteiger partial charge is 0.310 e. The molecule has 0 aromatic carbocycles. The number of aliphatic carboxylic acids is 1. The van der Waals surface area contributed by atoms with Gasteiger partial charge in [-0.3, -0.25) is 4.79 Å². The van der Waals surface area contributed by atoms with Gasteiger partial charge >= 0.3 is 5.97 Å². The summed E-state index contributed by atoms with van der Waals surface area (Å²) in [6, 6.07) is 0. The van der Waals surface area contributed by atoms with Crippen LogP contribution in [-0.2, 0) is 4.79 Å². The molecule has 0 aromatic heterocycles. The minimum absolute atomic E-state index is 0.384. The van der Waals surface area contributed by atoms with Crippen molar-refractivity contribution in [3.05, 3.63) is 24.8 Å². The summed E-state index contributed by atoms with van der Waals surface area (Å²) >= 11 is 0. The molecular formula is C10H16O2. The van der Waals surface area contributed by atoms with E-state index in [9.17, 15) is 4.79 Å². The fourth-order valence-electron chi connectivity index (χ4n) is 1.10. The Balaban J connectivity index is 4.03. The molecule has 0 heterocycles. The maximum absolute atomic E-state index is 10.6. The highest BCUT2D eigenvalue weighted by Gasteiger charge is 2.17. The Hall–Kier alpha value is -1.05. The molecule has 0 aliphatic rings. The SMILES string of the molecule is C=CCCC(=C)C(CC)C(=O)O. The number of carboxylic acids is 1. The molecule has 0 bridgehead atoms. The van der Waals surface area contributed by atoms with Gasteiger partial charge in [0.15, 0.2) is 0 Å². The van der Waals surface area contributed by atoms with Crippen LogP contribution in [0.25, 0.3) is 0 Å². The van der Waals surface area contributed by atoms with Crippen LogP contribution in [0.4, 0.5) is 0 Å². The maximum atomic E-state index is 10.6. The van der Waals surface area contributed by atoms with Crippen LogP contribution in [0, 0.1) is 5.92 Å². The molecule has 0 spiro atoms. The minimum atomic E-state index is -0.772. The number of hydrogen-bond donors (Lipinski definition) is 1. The van der Waals surface area contributed by atoms with Crippen LogP contribution in [0.1, 0.15) is 26.2 Å². The first-order chi connectivity index (χ1) is 5.63. The number of allylic oxidation sites excluding steroid dienone is 1. The Kier molecular flexibility index (Phi) is 5.09. The molecule has 12 heavy (non-hydrogen) atoms. The van der Waals surface area contributed by atoms with Gasteiger partial charge in [0.25, 0.3) is 0 Å². The zero-order valence-electron chi connectivity index (χ0n) is 7.55. The van der Waals surface area contributed by atoms with Gasteiger partial charge in [0, 0.05) is 0 Å². The van der Waals surface area contributed by atoms with Crippen LogP contribution in [0.2, 0.25) is 0 Å². The lowest BCUT2D eigenvalue weighted by atomic mass is 9.94. The van der Waals surface area contributed by atoms with Gasteiger partial charge in [0.05, 0.1) is 5.92 Å². The van der Waals surface area contributed by atoms with Crippen molar-refractivity contribution in [2.24, 2.45) is 5.92 Å². The summed E-state index contributed by atoms with van der Waals surface area (Å²) in [7, 11) is 0. The van der Waals surface area contributed by atoms with Crippen LogP contribution in [0.15, 0.2) is 24.8 Å². The van der Waals surface area contributed by atoms with Crippen molar-refractivity contribution in [3.63, 3.8) is 0 Å². The quantitative estimate of drug-likeness (QED) is 0.619. The van der Waals surface area contributed by atoms with Gasteiger partial charge in [0.2, 0.25) is 0 Å². The van der Waals surface area contributed by atoms with Crippen molar-refractivity contribution < 1.29 is 9.90 Å². The highest BCUT2D eigenvalue weighted by molar-refractivity contribution is 5.73. The van der Waals surface area contributed by atoms with Gasteiger partial charge in [-0.15, -0.1) is 6.58 Å². The number of carbonyl (C=O) groups is 1. The molecule has 0 saturated carbocycles. The van der Waals surface area contributed by atoms with Crippen molar-refractivity contribution in [1.82, 2.24) is 0 Å². The van der Waals surface area contributed by atoms with Crippen LogP contribution in [0.3, 0.4) is 0 Å². The lowest BCUT2D eigenvalue weighted by Gasteiger charge is -2.11. The molecule has 2 heteroatoms. The second kappa shape index (κ2) is 5.58. The third-order valence-electron chi connectivity index (χ3n) is 1.87. The molecule has 1 unspecified atom stereocenters. The van der Waals surface area contributed by atoms with E-state index in [0.29, 0.717) is 6.42 Å². The Bertz CT molecular complexity index is 182. The second-order valence-electron chi connectivity index (χ2n) is 2.78. The van der Waals surface area contributed by atoms with E-state index in [1.165, 1.54) is 0 Å². The monoisotopic (exact) mass is 168 g/mol. The lowest BCUT2D eigenvalue weighted by molar-refractivity contribution is -0.140. The van der Waals surface area contributed by atoms with E-state index in [2.05, 4.69) is 13.2 Å². The second-order valence-corrected chi connectivity index (χ2v) is 2.78. The molecule has 0 radical (unpaired) electrons. The Morgan fingerprint density at radius 1 is 1.67 bits per heavy atom. The van der Waals surface area contributed by atoms with E-state index in [1.807, 2.05) is 6.92 Å². The first kappa shape index (κ1) is 11.0. The summed E-state index contributed by atoms with van der Waals surface area (Å²) in [6.45, 7) is 9.19. The molecule has 0 aliphatic carbocycles. The molecule has 0 amide bonds. The summed E-state index contributed by atoms with van der Waals surface area (Å²) in [4.78, 5) is 10.6. The normalized spacial score (nSPS) is 12.1. The fourth-order valence-corrected chi connectivity index (χ4v) is 1.10. The Labute approximate surface area is 73.6 Å². The summed E-state index contributed by atoms with van der Waals surface area (Å²) in [6.07, 6.45) is 3.93. The molecule has 1 N–H and O–H groups in total. The van der Waals surface area contributed by atoms with E-state index in [4.69, 9.17) is 5.11 Å². The van der Waals surface area contributed by atoms with Gasteiger partial charge in [0.1, 0.15) is 0 Å². The van der Waals surface area contributed by atoms with Crippen molar-refractivity contribution in [2.75, 3.05) is 0 Å². The minimum Gasteiger partial charge on any atom is -0.481 e. The summed E-state index contributed by atoms with van der Waals surface area (Å²) in [5.74, 6) is -1.16. The first-order valence-corrected chi connectivity index (χ1v) is 4.14. The molecular weight excluding hydrogens is 152 g/mol. The predicted octanol–water partition coefficient (Wildman–Crippen LogP) is 2.62. The van der Waals surface area contributed by atoms with E-state index in [0.717, 1.165) is 18.4 Å². The molecule has 0 saturated heterocycles. The number of rotatable bonds is 6. The standard InChI is InChI=1S/C10H16O2/c1-4-6-7-8(3)9(5-2)10(11)12/h4,9H,1,3,5-7H2,2H3,(H,11,12). The van der Waals surface area contributed by atoms with Crippen molar-refractivity contribution in [3.8, 4) is 0 Å². The molecule has 0 rings (SSSR count).